The normalized spacial score (nSPS) is 16.9. The number of benzene rings is 3. The van der Waals surface area contributed by atoms with Crippen molar-refractivity contribution in [1.82, 2.24) is 9.80 Å². The summed E-state index contributed by atoms with van der Waals surface area (Å²) in [6, 6.07) is 21.1. The summed E-state index contributed by atoms with van der Waals surface area (Å²) in [5, 5.41) is 14.9. The molecule has 0 spiro atoms. The van der Waals surface area contributed by atoms with Gasteiger partial charge in [0, 0.05) is 48.0 Å². The van der Waals surface area contributed by atoms with Crippen LogP contribution in [0.4, 0.5) is 16.2 Å². The molecule has 0 aliphatic carbocycles. The standard InChI is InChI=1S/C28H28ClN5O2/c29-22-9-13-24(14-10-22)32-28(36)34-18-21-6-2-1-5-20(21)17-25(34)27(35)31-23-11-7-19(8-12-23)26(30)33-15-3-4-16-33/h1-2,5-14,25,30H,3-4,15-18H2,(H,31,35)(H,32,36). The molecule has 0 radical (unpaired) electrons. The number of likely N-dealkylation sites (tertiary alicyclic amines) is 1. The molecule has 3 amide bonds. The van der Waals surface area contributed by atoms with Gasteiger partial charge in [0.2, 0.25) is 5.91 Å². The van der Waals surface area contributed by atoms with Gasteiger partial charge in [0.15, 0.2) is 0 Å². The Morgan fingerprint density at radius 2 is 1.44 bits per heavy atom. The van der Waals surface area contributed by atoms with E-state index in [1.165, 1.54) is 0 Å². The van der Waals surface area contributed by atoms with E-state index in [0.29, 0.717) is 35.2 Å². The van der Waals surface area contributed by atoms with Gasteiger partial charge in [-0.15, -0.1) is 0 Å². The third kappa shape index (κ3) is 5.21. The van der Waals surface area contributed by atoms with Gasteiger partial charge in [0.1, 0.15) is 11.9 Å². The Balaban J connectivity index is 1.32. The van der Waals surface area contributed by atoms with E-state index in [0.717, 1.165) is 42.6 Å². The van der Waals surface area contributed by atoms with Crippen molar-refractivity contribution in [3.63, 3.8) is 0 Å². The Bertz CT molecular complexity index is 1270. The summed E-state index contributed by atoms with van der Waals surface area (Å²) in [6.07, 6.45) is 2.65. The van der Waals surface area contributed by atoms with Gasteiger partial charge < -0.3 is 20.4 Å². The zero-order chi connectivity index (χ0) is 25.1. The zero-order valence-electron chi connectivity index (χ0n) is 19.8. The lowest BCUT2D eigenvalue weighted by molar-refractivity contribution is -0.120. The summed E-state index contributed by atoms with van der Waals surface area (Å²) in [7, 11) is 0. The average molecular weight is 502 g/mol. The van der Waals surface area contributed by atoms with E-state index in [9.17, 15) is 9.59 Å². The molecular weight excluding hydrogens is 474 g/mol. The Hall–Kier alpha value is -3.84. The summed E-state index contributed by atoms with van der Waals surface area (Å²) >= 11 is 5.96. The predicted octanol–water partition coefficient (Wildman–Crippen LogP) is 5.36. The van der Waals surface area contributed by atoms with Crippen LogP contribution in [-0.4, -0.2) is 46.7 Å². The molecule has 2 heterocycles. The second-order valence-electron chi connectivity index (χ2n) is 9.16. The van der Waals surface area contributed by atoms with Gasteiger partial charge in [-0.1, -0.05) is 35.9 Å². The Labute approximate surface area is 215 Å². The summed E-state index contributed by atoms with van der Waals surface area (Å²) in [5.41, 5.74) is 4.15. The van der Waals surface area contributed by atoms with Crippen LogP contribution in [-0.2, 0) is 17.8 Å². The molecule has 36 heavy (non-hydrogen) atoms. The molecule has 184 valence electrons. The maximum atomic E-state index is 13.4. The van der Waals surface area contributed by atoms with Gasteiger partial charge in [-0.05, 0) is 72.5 Å². The van der Waals surface area contributed by atoms with Crippen LogP contribution in [0.1, 0.15) is 29.5 Å². The first-order chi connectivity index (χ1) is 17.5. The van der Waals surface area contributed by atoms with E-state index in [1.807, 2.05) is 48.5 Å². The maximum absolute atomic E-state index is 13.4. The minimum absolute atomic E-state index is 0.252. The molecule has 1 fully saturated rings. The molecule has 0 saturated carbocycles. The summed E-state index contributed by atoms with van der Waals surface area (Å²) in [5.74, 6) is 0.262. The molecular formula is C28H28ClN5O2. The fourth-order valence-electron chi connectivity index (χ4n) is 4.76. The maximum Gasteiger partial charge on any atom is 0.322 e. The van der Waals surface area contributed by atoms with Crippen molar-refractivity contribution < 1.29 is 9.59 Å². The molecule has 0 aromatic heterocycles. The van der Waals surface area contributed by atoms with Crippen LogP contribution in [0.5, 0.6) is 0 Å². The van der Waals surface area contributed by atoms with Crippen LogP contribution < -0.4 is 10.6 Å². The monoisotopic (exact) mass is 501 g/mol. The van der Waals surface area contributed by atoms with Gasteiger partial charge >= 0.3 is 6.03 Å². The highest BCUT2D eigenvalue weighted by atomic mass is 35.5. The molecule has 3 N–H and O–H groups in total. The Kier molecular flexibility index (Phi) is 6.91. The molecule has 1 unspecified atom stereocenters. The lowest BCUT2D eigenvalue weighted by Gasteiger charge is -2.36. The number of amides is 3. The van der Waals surface area contributed by atoms with Gasteiger partial charge in [0.25, 0.3) is 0 Å². The van der Waals surface area contributed by atoms with Crippen molar-refractivity contribution in [2.75, 3.05) is 23.7 Å². The van der Waals surface area contributed by atoms with Gasteiger partial charge in [-0.3, -0.25) is 10.2 Å². The fourth-order valence-corrected chi connectivity index (χ4v) is 4.89. The van der Waals surface area contributed by atoms with E-state index in [2.05, 4.69) is 15.5 Å². The first kappa shape index (κ1) is 23.9. The molecule has 0 bridgehead atoms. The summed E-state index contributed by atoms with van der Waals surface area (Å²) < 4.78 is 0. The lowest BCUT2D eigenvalue weighted by Crippen LogP contribution is -2.52. The highest BCUT2D eigenvalue weighted by molar-refractivity contribution is 6.30. The molecule has 3 aromatic rings. The lowest BCUT2D eigenvalue weighted by atomic mass is 9.93. The summed E-state index contributed by atoms with van der Waals surface area (Å²) in [4.78, 5) is 30.3. The number of amidine groups is 1. The van der Waals surface area contributed by atoms with Crippen LogP contribution in [0, 0.1) is 5.41 Å². The molecule has 1 saturated heterocycles. The van der Waals surface area contributed by atoms with Crippen LogP contribution in [0.25, 0.3) is 0 Å². The van der Waals surface area contributed by atoms with Gasteiger partial charge in [0.05, 0.1) is 0 Å². The van der Waals surface area contributed by atoms with E-state index >= 15 is 0 Å². The predicted molar refractivity (Wildman–Crippen MR) is 143 cm³/mol. The van der Waals surface area contributed by atoms with Crippen molar-refractivity contribution in [2.24, 2.45) is 0 Å². The van der Waals surface area contributed by atoms with Crippen LogP contribution >= 0.6 is 11.6 Å². The number of nitrogens with one attached hydrogen (secondary N) is 3. The third-order valence-electron chi connectivity index (χ3n) is 6.76. The smallest absolute Gasteiger partial charge is 0.322 e. The number of hydrogen-bond donors (Lipinski definition) is 3. The Morgan fingerprint density at radius 1 is 0.833 bits per heavy atom. The quantitative estimate of drug-likeness (QED) is 0.332. The number of urea groups is 1. The highest BCUT2D eigenvalue weighted by Gasteiger charge is 2.34. The molecule has 2 aliphatic rings. The average Bonchev–Trinajstić information content (AvgIpc) is 3.44. The molecule has 2 aliphatic heterocycles. The molecule has 8 heteroatoms. The van der Waals surface area contributed by atoms with E-state index in [4.69, 9.17) is 17.0 Å². The highest BCUT2D eigenvalue weighted by Crippen LogP contribution is 2.26. The third-order valence-corrected chi connectivity index (χ3v) is 7.01. The molecule has 1 atom stereocenters. The van der Waals surface area contributed by atoms with Crippen molar-refractivity contribution in [3.05, 3.63) is 94.5 Å². The van der Waals surface area contributed by atoms with E-state index in [-0.39, 0.29) is 11.9 Å². The van der Waals surface area contributed by atoms with E-state index in [1.54, 1.807) is 29.2 Å². The van der Waals surface area contributed by atoms with Crippen molar-refractivity contribution >= 4 is 40.7 Å². The first-order valence-electron chi connectivity index (χ1n) is 12.1. The minimum atomic E-state index is -0.672. The zero-order valence-corrected chi connectivity index (χ0v) is 20.6. The topological polar surface area (TPSA) is 88.5 Å². The van der Waals surface area contributed by atoms with Crippen LogP contribution in [0.15, 0.2) is 72.8 Å². The number of nitrogens with zero attached hydrogens (tertiary/aromatic N) is 2. The number of halogens is 1. The van der Waals surface area contributed by atoms with Crippen molar-refractivity contribution in [3.8, 4) is 0 Å². The second-order valence-corrected chi connectivity index (χ2v) is 9.60. The van der Waals surface area contributed by atoms with Crippen molar-refractivity contribution in [1.29, 1.82) is 5.41 Å². The minimum Gasteiger partial charge on any atom is -0.357 e. The summed E-state index contributed by atoms with van der Waals surface area (Å²) in [6.45, 7) is 2.16. The van der Waals surface area contributed by atoms with E-state index < -0.39 is 6.04 Å². The molecule has 7 nitrogen and oxygen atoms in total. The number of rotatable bonds is 4. The second kappa shape index (κ2) is 10.4. The van der Waals surface area contributed by atoms with Crippen LogP contribution in [0.2, 0.25) is 5.02 Å². The fraction of sp³-hybridized carbons (Fsp3) is 0.250. The van der Waals surface area contributed by atoms with Crippen LogP contribution in [0.3, 0.4) is 0 Å². The number of carbonyl (C=O) groups excluding carboxylic acids is 2. The molecule has 5 rings (SSSR count). The number of anilines is 2. The first-order valence-corrected chi connectivity index (χ1v) is 12.5. The van der Waals surface area contributed by atoms with Crippen molar-refractivity contribution in [2.45, 2.75) is 31.8 Å². The largest absolute Gasteiger partial charge is 0.357 e. The Morgan fingerprint density at radius 3 is 2.14 bits per heavy atom. The number of carbonyl (C=O) groups is 2. The van der Waals surface area contributed by atoms with Gasteiger partial charge in [-0.2, -0.15) is 0 Å². The number of hydrogen-bond acceptors (Lipinski definition) is 3. The SMILES string of the molecule is N=C(c1ccc(NC(=O)C2Cc3ccccc3CN2C(=O)Nc2ccc(Cl)cc2)cc1)N1CCCC1. The van der Waals surface area contributed by atoms with Gasteiger partial charge in [-0.25, -0.2) is 4.79 Å². The number of fused-ring (bicyclic) bond motifs is 1. The molecule has 3 aromatic carbocycles.